The van der Waals surface area contributed by atoms with E-state index in [4.69, 9.17) is 5.26 Å². The number of carbonyl (C=O) groups is 3. The predicted molar refractivity (Wildman–Crippen MR) is 180 cm³/mol. The maximum Gasteiger partial charge on any atom is 0.326 e. The van der Waals surface area contributed by atoms with Gasteiger partial charge in [-0.3, -0.25) is 14.5 Å². The number of rotatable bonds is 18. The zero-order valence-corrected chi connectivity index (χ0v) is 27.3. The molecule has 44 heavy (non-hydrogen) atoms. The number of nitrogens with one attached hydrogen (secondary N) is 2. The zero-order chi connectivity index (χ0) is 31.9. The Morgan fingerprint density at radius 1 is 1.00 bits per heavy atom. The minimum Gasteiger partial charge on any atom is -0.480 e. The van der Waals surface area contributed by atoms with Crippen LogP contribution >= 0.6 is 23.5 Å². The summed E-state index contributed by atoms with van der Waals surface area (Å²) < 4.78 is 0. The highest BCUT2D eigenvalue weighted by Crippen LogP contribution is 2.21. The summed E-state index contributed by atoms with van der Waals surface area (Å²) >= 11 is 3.05. The first-order valence-corrected chi connectivity index (χ1v) is 17.3. The summed E-state index contributed by atoms with van der Waals surface area (Å²) in [4.78, 5) is 40.1. The normalized spacial score (nSPS) is 13.2. The molecule has 0 aromatic heterocycles. The van der Waals surface area contributed by atoms with Crippen LogP contribution in [-0.4, -0.2) is 70.7 Å². The van der Waals surface area contributed by atoms with Crippen LogP contribution in [-0.2, 0) is 26.7 Å². The highest BCUT2D eigenvalue weighted by molar-refractivity contribution is 7.99. The molecule has 0 aliphatic carbocycles. The fraction of sp³-hybridized carbons (Fsp3) is 0.412. The second-order valence-electron chi connectivity index (χ2n) is 10.9. The van der Waals surface area contributed by atoms with E-state index < -0.39 is 12.0 Å². The van der Waals surface area contributed by atoms with Crippen molar-refractivity contribution in [1.29, 1.82) is 5.26 Å². The van der Waals surface area contributed by atoms with Crippen molar-refractivity contribution >= 4 is 52.1 Å². The van der Waals surface area contributed by atoms with E-state index in [1.165, 1.54) is 23.5 Å². The van der Waals surface area contributed by atoms with Gasteiger partial charge < -0.3 is 15.7 Å². The average molecular weight is 635 g/mol. The van der Waals surface area contributed by atoms with E-state index in [0.717, 1.165) is 28.3 Å². The summed E-state index contributed by atoms with van der Waals surface area (Å²) in [5.74, 6) is 0.235. The number of carboxylic acid groups (broad SMARTS) is 1. The number of nitrogens with zero attached hydrogens (tertiary/aromatic N) is 2. The largest absolute Gasteiger partial charge is 0.480 e. The molecule has 3 aromatic carbocycles. The molecule has 3 rings (SSSR count). The molecule has 2 amide bonds. The van der Waals surface area contributed by atoms with Crippen molar-refractivity contribution in [2.75, 3.05) is 30.9 Å². The third kappa shape index (κ3) is 11.2. The molecule has 0 saturated carbocycles. The summed E-state index contributed by atoms with van der Waals surface area (Å²) in [6.45, 7) is 5.07. The number of nitriles is 1. The van der Waals surface area contributed by atoms with E-state index >= 15 is 0 Å². The van der Waals surface area contributed by atoms with Crippen molar-refractivity contribution in [3.05, 3.63) is 83.4 Å². The Morgan fingerprint density at radius 2 is 1.73 bits per heavy atom. The number of fused-ring (bicyclic) bond motifs is 1. The number of carboxylic acids is 1. The van der Waals surface area contributed by atoms with Gasteiger partial charge in [-0.25, -0.2) is 4.79 Å². The van der Waals surface area contributed by atoms with Gasteiger partial charge in [0.1, 0.15) is 6.04 Å². The van der Waals surface area contributed by atoms with E-state index in [1.54, 1.807) is 12.1 Å². The molecule has 0 saturated heterocycles. The summed E-state index contributed by atoms with van der Waals surface area (Å²) in [5.41, 5.74) is 2.71. The van der Waals surface area contributed by atoms with E-state index in [1.807, 2.05) is 47.6 Å². The highest BCUT2D eigenvalue weighted by Gasteiger charge is 2.25. The molecule has 0 fully saturated rings. The third-order valence-electron chi connectivity index (χ3n) is 7.60. The number of amides is 2. The Hall–Kier alpha value is -3.52. The Balaban J connectivity index is 1.74. The molecule has 3 atom stereocenters. The Bertz CT molecular complexity index is 1420. The van der Waals surface area contributed by atoms with Crippen molar-refractivity contribution in [3.63, 3.8) is 0 Å². The van der Waals surface area contributed by atoms with Gasteiger partial charge in [-0.05, 0) is 58.4 Å². The lowest BCUT2D eigenvalue weighted by Gasteiger charge is -2.31. The molecule has 0 aliphatic heterocycles. The van der Waals surface area contributed by atoms with Gasteiger partial charge in [-0.2, -0.15) is 17.0 Å². The fourth-order valence-electron chi connectivity index (χ4n) is 4.91. The molecule has 8 nitrogen and oxygen atoms in total. The number of hydrogen-bond donors (Lipinski definition) is 3. The molecule has 3 N–H and O–H groups in total. The Labute approximate surface area is 269 Å². The molecule has 3 unspecified atom stereocenters. The van der Waals surface area contributed by atoms with Gasteiger partial charge in [-0.15, -0.1) is 11.8 Å². The van der Waals surface area contributed by atoms with Gasteiger partial charge in [0.05, 0.1) is 23.9 Å². The number of hydrogen-bond acceptors (Lipinski definition) is 7. The van der Waals surface area contributed by atoms with Crippen LogP contribution in [0, 0.1) is 17.2 Å². The van der Waals surface area contributed by atoms with E-state index in [-0.39, 0.29) is 36.1 Å². The van der Waals surface area contributed by atoms with Crippen molar-refractivity contribution in [2.24, 2.45) is 5.92 Å². The van der Waals surface area contributed by atoms with Gasteiger partial charge in [0.2, 0.25) is 11.8 Å². The number of aliphatic carboxylic acids is 1. The molecule has 0 heterocycles. The van der Waals surface area contributed by atoms with Crippen molar-refractivity contribution in [1.82, 2.24) is 15.5 Å². The number of benzene rings is 3. The van der Waals surface area contributed by atoms with Gasteiger partial charge in [0.15, 0.2) is 0 Å². The molecule has 0 spiro atoms. The minimum atomic E-state index is -1.05. The second-order valence-corrected chi connectivity index (χ2v) is 12.9. The molecular weight excluding hydrogens is 593 g/mol. The third-order valence-corrected chi connectivity index (χ3v) is 9.25. The summed E-state index contributed by atoms with van der Waals surface area (Å²) in [5, 5.41) is 26.8. The second kappa shape index (κ2) is 18.3. The predicted octanol–water partition coefficient (Wildman–Crippen LogP) is 5.30. The Kier molecular flexibility index (Phi) is 14.6. The topological polar surface area (TPSA) is 123 Å². The quantitative estimate of drug-likeness (QED) is 0.172. The first-order valence-electron chi connectivity index (χ1n) is 14.8. The first kappa shape index (κ1) is 35.0. The lowest BCUT2D eigenvalue weighted by molar-refractivity contribution is -0.142. The molecule has 3 aromatic rings. The lowest BCUT2D eigenvalue weighted by Crippen LogP contribution is -2.51. The van der Waals surface area contributed by atoms with E-state index in [0.29, 0.717) is 36.6 Å². The maximum atomic E-state index is 13.2. The maximum absolute atomic E-state index is 13.2. The first-order chi connectivity index (χ1) is 21.2. The van der Waals surface area contributed by atoms with Crippen molar-refractivity contribution < 1.29 is 19.5 Å². The smallest absolute Gasteiger partial charge is 0.326 e. The lowest BCUT2D eigenvalue weighted by atomic mass is 9.97. The zero-order valence-electron chi connectivity index (χ0n) is 25.6. The van der Waals surface area contributed by atoms with Crippen molar-refractivity contribution in [2.45, 2.75) is 51.1 Å². The van der Waals surface area contributed by atoms with Gasteiger partial charge >= 0.3 is 5.97 Å². The highest BCUT2D eigenvalue weighted by atomic mass is 32.2. The van der Waals surface area contributed by atoms with E-state index in [9.17, 15) is 19.5 Å². The minimum absolute atomic E-state index is 0.00250. The van der Waals surface area contributed by atoms with Crippen LogP contribution in [0.5, 0.6) is 0 Å². The Morgan fingerprint density at radius 3 is 2.41 bits per heavy atom. The number of thioether (sulfide) groups is 2. The van der Waals surface area contributed by atoms with Crippen LogP contribution in [0.1, 0.15) is 43.4 Å². The summed E-state index contributed by atoms with van der Waals surface area (Å²) in [6, 6.07) is 22.5. The standard InChI is InChI=1S/C34H42N4O4S2/c1-4-24(2)31(37-33(40)23-44-22-26-14-12-25(18-35)13-15-26)20-38(21-32(39)36-30(34(41)42)16-17-43-3)19-28-10-7-9-27-8-5-6-11-29(27)28/h5-15,24,30-31H,4,16-17,19-23H2,1-3H3,(H,36,39)(H,37,40)(H,41,42). The van der Waals surface area contributed by atoms with Crippen LogP contribution in [0.15, 0.2) is 66.7 Å². The van der Waals surface area contributed by atoms with Gasteiger partial charge in [-0.1, -0.05) is 74.9 Å². The van der Waals surface area contributed by atoms with Crippen LogP contribution < -0.4 is 10.6 Å². The molecule has 0 aliphatic rings. The van der Waals surface area contributed by atoms with E-state index in [2.05, 4.69) is 48.7 Å². The summed E-state index contributed by atoms with van der Waals surface area (Å²) in [6.07, 6.45) is 3.09. The van der Waals surface area contributed by atoms with Crippen molar-refractivity contribution in [3.8, 4) is 6.07 Å². The SMILES string of the molecule is CCC(C)C(CN(CC(=O)NC(CCSC)C(=O)O)Cc1cccc2ccccc12)NC(=O)CSCc1ccc(C#N)cc1. The van der Waals surface area contributed by atoms with Crippen LogP contribution in [0.25, 0.3) is 10.8 Å². The van der Waals surface area contributed by atoms with Crippen LogP contribution in [0.2, 0.25) is 0 Å². The summed E-state index contributed by atoms with van der Waals surface area (Å²) in [7, 11) is 0. The molecular formula is C34H42N4O4S2. The molecule has 0 radical (unpaired) electrons. The fourth-order valence-corrected chi connectivity index (χ4v) is 6.18. The molecule has 234 valence electrons. The monoisotopic (exact) mass is 634 g/mol. The van der Waals surface area contributed by atoms with Crippen LogP contribution in [0.3, 0.4) is 0 Å². The average Bonchev–Trinajstić information content (AvgIpc) is 3.02. The molecule has 0 bridgehead atoms. The van der Waals surface area contributed by atoms with Gasteiger partial charge in [0.25, 0.3) is 0 Å². The van der Waals surface area contributed by atoms with Gasteiger partial charge in [0, 0.05) is 24.9 Å². The molecule has 10 heteroatoms. The van der Waals surface area contributed by atoms with Crippen LogP contribution in [0.4, 0.5) is 0 Å². The number of carbonyl (C=O) groups excluding carboxylic acids is 2.